The standard InChI is InChI=1S/C15H22N2O3S/c1-2-8-17(10-12-3-5-14(16)6-4-12)15(18)13-7-9-21(19,20)11-13/h3-6,13H,2,7-11,16H2,1H3. The SMILES string of the molecule is CCCN(Cc1ccc(N)cc1)C(=O)C1CCS(=O)(=O)C1. The fraction of sp³-hybridized carbons (Fsp3) is 0.533. The van der Waals surface area contributed by atoms with Crippen LogP contribution in [0.3, 0.4) is 0 Å². The van der Waals surface area contributed by atoms with E-state index in [1.807, 2.05) is 31.2 Å². The molecule has 1 aliphatic rings. The number of nitrogen functional groups attached to an aromatic ring is 1. The van der Waals surface area contributed by atoms with Gasteiger partial charge in [0.05, 0.1) is 17.4 Å². The van der Waals surface area contributed by atoms with Crippen molar-refractivity contribution < 1.29 is 13.2 Å². The molecule has 6 heteroatoms. The first-order valence-electron chi connectivity index (χ1n) is 7.25. The maximum Gasteiger partial charge on any atom is 0.227 e. The summed E-state index contributed by atoms with van der Waals surface area (Å²) in [5.41, 5.74) is 7.35. The van der Waals surface area contributed by atoms with Crippen LogP contribution in [-0.4, -0.2) is 37.3 Å². The van der Waals surface area contributed by atoms with E-state index in [-0.39, 0.29) is 23.3 Å². The zero-order chi connectivity index (χ0) is 15.5. The Hall–Kier alpha value is -1.56. The number of nitrogens with two attached hydrogens (primary N) is 1. The summed E-state index contributed by atoms with van der Waals surface area (Å²) in [6.07, 6.45) is 1.29. The first-order valence-corrected chi connectivity index (χ1v) is 9.07. The van der Waals surface area contributed by atoms with Crippen molar-refractivity contribution in [1.82, 2.24) is 4.90 Å². The minimum Gasteiger partial charge on any atom is -0.399 e. The molecule has 0 bridgehead atoms. The van der Waals surface area contributed by atoms with Gasteiger partial charge in [0.1, 0.15) is 0 Å². The Labute approximate surface area is 126 Å². The molecule has 116 valence electrons. The highest BCUT2D eigenvalue weighted by molar-refractivity contribution is 7.91. The van der Waals surface area contributed by atoms with E-state index >= 15 is 0 Å². The van der Waals surface area contributed by atoms with Crippen LogP contribution in [0.25, 0.3) is 0 Å². The van der Waals surface area contributed by atoms with Crippen LogP contribution in [0.1, 0.15) is 25.3 Å². The van der Waals surface area contributed by atoms with Crippen molar-refractivity contribution in [2.45, 2.75) is 26.3 Å². The number of amides is 1. The van der Waals surface area contributed by atoms with Crippen LogP contribution in [-0.2, 0) is 21.2 Å². The molecule has 2 N–H and O–H groups in total. The second-order valence-corrected chi connectivity index (χ2v) is 7.83. The first-order chi connectivity index (χ1) is 9.91. The predicted octanol–water partition coefficient (Wildman–Crippen LogP) is 1.44. The van der Waals surface area contributed by atoms with Crippen molar-refractivity contribution in [3.63, 3.8) is 0 Å². The van der Waals surface area contributed by atoms with Gasteiger partial charge in [-0.15, -0.1) is 0 Å². The lowest BCUT2D eigenvalue weighted by atomic mass is 10.1. The number of hydrogen-bond donors (Lipinski definition) is 1. The van der Waals surface area contributed by atoms with Gasteiger partial charge in [0.15, 0.2) is 9.84 Å². The summed E-state index contributed by atoms with van der Waals surface area (Å²) in [5.74, 6) is -0.302. The summed E-state index contributed by atoms with van der Waals surface area (Å²) < 4.78 is 23.1. The fourth-order valence-corrected chi connectivity index (χ4v) is 4.36. The Kier molecular flexibility index (Phi) is 4.88. The number of carbonyl (C=O) groups excluding carboxylic acids is 1. The normalized spacial score (nSPS) is 20.3. The van der Waals surface area contributed by atoms with Gasteiger partial charge in [-0.2, -0.15) is 0 Å². The fourth-order valence-electron chi connectivity index (χ4n) is 2.63. The molecule has 5 nitrogen and oxygen atoms in total. The van der Waals surface area contributed by atoms with Gasteiger partial charge in [-0.3, -0.25) is 4.79 Å². The molecule has 1 aromatic carbocycles. The molecule has 1 atom stereocenters. The second-order valence-electron chi connectivity index (χ2n) is 5.60. The van der Waals surface area contributed by atoms with Crippen LogP contribution in [0.4, 0.5) is 5.69 Å². The summed E-state index contributed by atoms with van der Waals surface area (Å²) >= 11 is 0. The molecule has 2 rings (SSSR count). The number of anilines is 1. The van der Waals surface area contributed by atoms with Gasteiger partial charge in [0.2, 0.25) is 5.91 Å². The highest BCUT2D eigenvalue weighted by Crippen LogP contribution is 2.22. The number of carbonyl (C=O) groups is 1. The predicted molar refractivity (Wildman–Crippen MR) is 83.3 cm³/mol. The van der Waals surface area contributed by atoms with E-state index in [0.717, 1.165) is 12.0 Å². The van der Waals surface area contributed by atoms with Crippen LogP contribution in [0, 0.1) is 5.92 Å². The number of nitrogens with zero attached hydrogens (tertiary/aromatic N) is 1. The summed E-state index contributed by atoms with van der Waals surface area (Å²) in [7, 11) is -3.03. The molecular formula is C15H22N2O3S. The zero-order valence-electron chi connectivity index (χ0n) is 12.3. The summed E-state index contributed by atoms with van der Waals surface area (Å²) in [5, 5.41) is 0. The maximum absolute atomic E-state index is 12.5. The van der Waals surface area contributed by atoms with Crippen molar-refractivity contribution in [2.24, 2.45) is 5.92 Å². The van der Waals surface area contributed by atoms with Gasteiger partial charge in [-0.1, -0.05) is 19.1 Å². The second kappa shape index (κ2) is 6.47. The lowest BCUT2D eigenvalue weighted by Gasteiger charge is -2.25. The van der Waals surface area contributed by atoms with E-state index in [1.54, 1.807) is 4.90 Å². The van der Waals surface area contributed by atoms with Crippen molar-refractivity contribution in [2.75, 3.05) is 23.8 Å². The third-order valence-electron chi connectivity index (χ3n) is 3.74. The van der Waals surface area contributed by atoms with Crippen LogP contribution in [0.15, 0.2) is 24.3 Å². The van der Waals surface area contributed by atoms with Gasteiger partial charge < -0.3 is 10.6 Å². The average molecular weight is 310 g/mol. The molecular weight excluding hydrogens is 288 g/mol. The van der Waals surface area contributed by atoms with Gasteiger partial charge in [-0.25, -0.2) is 8.42 Å². The highest BCUT2D eigenvalue weighted by Gasteiger charge is 2.35. The van der Waals surface area contributed by atoms with Crippen molar-refractivity contribution in [3.05, 3.63) is 29.8 Å². The van der Waals surface area contributed by atoms with E-state index < -0.39 is 9.84 Å². The van der Waals surface area contributed by atoms with Crippen LogP contribution in [0.5, 0.6) is 0 Å². The Morgan fingerprint density at radius 1 is 1.33 bits per heavy atom. The number of hydrogen-bond acceptors (Lipinski definition) is 4. The number of sulfone groups is 1. The van der Waals surface area contributed by atoms with Crippen LogP contribution < -0.4 is 5.73 Å². The summed E-state index contributed by atoms with van der Waals surface area (Å²) in [6, 6.07) is 7.42. The van der Waals surface area contributed by atoms with Gasteiger partial charge in [0, 0.05) is 18.8 Å². The lowest BCUT2D eigenvalue weighted by molar-refractivity contribution is -0.135. The van der Waals surface area contributed by atoms with Crippen molar-refractivity contribution >= 4 is 21.4 Å². The van der Waals surface area contributed by atoms with Gasteiger partial charge in [0.25, 0.3) is 0 Å². The minimum absolute atomic E-state index is 0.00617. The monoisotopic (exact) mass is 310 g/mol. The Morgan fingerprint density at radius 2 is 2.00 bits per heavy atom. The summed E-state index contributed by atoms with van der Waals surface area (Å²) in [4.78, 5) is 14.3. The van der Waals surface area contributed by atoms with Crippen LogP contribution >= 0.6 is 0 Å². The van der Waals surface area contributed by atoms with Gasteiger partial charge in [-0.05, 0) is 30.5 Å². The van der Waals surface area contributed by atoms with Crippen LogP contribution in [0.2, 0.25) is 0 Å². The number of benzene rings is 1. The average Bonchev–Trinajstić information content (AvgIpc) is 2.80. The molecule has 1 aliphatic heterocycles. The third kappa shape index (κ3) is 4.20. The highest BCUT2D eigenvalue weighted by atomic mass is 32.2. The number of rotatable bonds is 5. The van der Waals surface area contributed by atoms with E-state index in [0.29, 0.717) is 25.2 Å². The first kappa shape index (κ1) is 15.8. The molecule has 1 amide bonds. The molecule has 21 heavy (non-hydrogen) atoms. The van der Waals surface area contributed by atoms with E-state index in [4.69, 9.17) is 5.73 Å². The Bertz CT molecular complexity index is 596. The molecule has 1 fully saturated rings. The Balaban J connectivity index is 2.07. The largest absolute Gasteiger partial charge is 0.399 e. The maximum atomic E-state index is 12.5. The van der Waals surface area contributed by atoms with Crippen molar-refractivity contribution in [3.8, 4) is 0 Å². The molecule has 0 aromatic heterocycles. The molecule has 1 unspecified atom stereocenters. The van der Waals surface area contributed by atoms with E-state index in [2.05, 4.69) is 0 Å². The molecule has 1 aromatic rings. The Morgan fingerprint density at radius 3 is 2.52 bits per heavy atom. The lowest BCUT2D eigenvalue weighted by Crippen LogP contribution is -2.36. The minimum atomic E-state index is -3.03. The topological polar surface area (TPSA) is 80.5 Å². The van der Waals surface area contributed by atoms with E-state index in [9.17, 15) is 13.2 Å². The summed E-state index contributed by atoms with van der Waals surface area (Å²) in [6.45, 7) is 3.15. The van der Waals surface area contributed by atoms with Gasteiger partial charge >= 0.3 is 0 Å². The molecule has 0 spiro atoms. The van der Waals surface area contributed by atoms with E-state index in [1.165, 1.54) is 0 Å². The molecule has 1 saturated heterocycles. The molecule has 0 saturated carbocycles. The molecule has 0 radical (unpaired) electrons. The smallest absolute Gasteiger partial charge is 0.227 e. The molecule has 0 aliphatic carbocycles. The third-order valence-corrected chi connectivity index (χ3v) is 5.51. The quantitative estimate of drug-likeness (QED) is 0.835. The molecule has 1 heterocycles. The van der Waals surface area contributed by atoms with Crippen molar-refractivity contribution in [1.29, 1.82) is 0 Å². The zero-order valence-corrected chi connectivity index (χ0v) is 13.1.